The van der Waals surface area contributed by atoms with Crippen molar-refractivity contribution in [2.75, 3.05) is 13.2 Å². The molecule has 1 aliphatic heterocycles. The molecule has 0 aromatic rings. The van der Waals surface area contributed by atoms with E-state index in [0.717, 1.165) is 19.6 Å². The quantitative estimate of drug-likeness (QED) is 0.545. The smallest absolute Gasteiger partial charge is 0.0685 e. The topological polar surface area (TPSA) is 9.23 Å². The standard InChI is InChI=1S/C12H12O/c1-2-9-6-11-4-5-13-8-12(11)7-10(9)3-1/h1-3,6-7,11H,4-5,8H2. The van der Waals surface area contributed by atoms with Gasteiger partial charge in [0.1, 0.15) is 0 Å². The SMILES string of the molecule is C1=CC2=CC3CCOCC3=CC2=C1. The van der Waals surface area contributed by atoms with Gasteiger partial charge in [-0.25, -0.2) is 0 Å². The molecule has 1 fully saturated rings. The molecule has 3 rings (SSSR count). The summed E-state index contributed by atoms with van der Waals surface area (Å²) in [6, 6.07) is 0. The van der Waals surface area contributed by atoms with E-state index >= 15 is 0 Å². The highest BCUT2D eigenvalue weighted by Crippen LogP contribution is 2.34. The minimum atomic E-state index is 0.642. The predicted molar refractivity (Wildman–Crippen MR) is 52.3 cm³/mol. The van der Waals surface area contributed by atoms with Crippen LogP contribution in [-0.2, 0) is 4.74 Å². The van der Waals surface area contributed by atoms with Gasteiger partial charge in [-0.15, -0.1) is 0 Å². The molecule has 0 spiro atoms. The third-order valence-corrected chi connectivity index (χ3v) is 2.92. The molecule has 0 N–H and O–H groups in total. The highest BCUT2D eigenvalue weighted by Gasteiger charge is 2.22. The first-order valence-corrected chi connectivity index (χ1v) is 4.82. The highest BCUT2D eigenvalue weighted by molar-refractivity contribution is 5.58. The zero-order valence-corrected chi connectivity index (χ0v) is 7.49. The predicted octanol–water partition coefficient (Wildman–Crippen LogP) is 2.39. The highest BCUT2D eigenvalue weighted by atomic mass is 16.5. The molecular weight excluding hydrogens is 160 g/mol. The molecule has 1 atom stereocenters. The van der Waals surface area contributed by atoms with E-state index in [2.05, 4.69) is 30.4 Å². The van der Waals surface area contributed by atoms with Gasteiger partial charge < -0.3 is 4.74 Å². The van der Waals surface area contributed by atoms with Crippen LogP contribution in [0.25, 0.3) is 0 Å². The average molecular weight is 172 g/mol. The fourth-order valence-corrected chi connectivity index (χ4v) is 2.18. The largest absolute Gasteiger partial charge is 0.377 e. The summed E-state index contributed by atoms with van der Waals surface area (Å²) in [7, 11) is 0. The lowest BCUT2D eigenvalue weighted by molar-refractivity contribution is 0.116. The third-order valence-electron chi connectivity index (χ3n) is 2.92. The first kappa shape index (κ1) is 7.34. The van der Waals surface area contributed by atoms with Gasteiger partial charge in [0.25, 0.3) is 0 Å². The summed E-state index contributed by atoms with van der Waals surface area (Å²) in [4.78, 5) is 0. The lowest BCUT2D eigenvalue weighted by Gasteiger charge is -2.27. The monoisotopic (exact) mass is 172 g/mol. The van der Waals surface area contributed by atoms with Crippen LogP contribution in [0, 0.1) is 5.92 Å². The Morgan fingerprint density at radius 3 is 3.31 bits per heavy atom. The van der Waals surface area contributed by atoms with Crippen molar-refractivity contribution in [1.82, 2.24) is 0 Å². The second-order valence-electron chi connectivity index (χ2n) is 3.77. The van der Waals surface area contributed by atoms with Crippen LogP contribution in [0.4, 0.5) is 0 Å². The Labute approximate surface area is 78.1 Å². The Morgan fingerprint density at radius 1 is 1.31 bits per heavy atom. The first-order valence-electron chi connectivity index (χ1n) is 4.82. The van der Waals surface area contributed by atoms with E-state index in [1.807, 2.05) is 0 Å². The molecule has 13 heavy (non-hydrogen) atoms. The number of allylic oxidation sites excluding steroid dienone is 7. The molecule has 3 aliphatic rings. The Bertz CT molecular complexity index is 355. The molecular formula is C12H12O. The summed E-state index contributed by atoms with van der Waals surface area (Å²) in [5.41, 5.74) is 4.21. The van der Waals surface area contributed by atoms with Crippen molar-refractivity contribution in [3.8, 4) is 0 Å². The van der Waals surface area contributed by atoms with Crippen molar-refractivity contribution >= 4 is 0 Å². The lowest BCUT2D eigenvalue weighted by Crippen LogP contribution is -2.20. The fourth-order valence-electron chi connectivity index (χ4n) is 2.18. The van der Waals surface area contributed by atoms with Gasteiger partial charge in [0.05, 0.1) is 6.61 Å². The summed E-state index contributed by atoms with van der Waals surface area (Å²) in [6.45, 7) is 1.74. The normalized spacial score (nSPS) is 30.2. The van der Waals surface area contributed by atoms with Gasteiger partial charge in [0.2, 0.25) is 0 Å². The molecule has 0 aromatic carbocycles. The molecule has 1 nitrogen and oxygen atoms in total. The Hall–Kier alpha value is -1.08. The molecule has 1 heterocycles. The van der Waals surface area contributed by atoms with E-state index < -0.39 is 0 Å². The molecule has 0 bridgehead atoms. The molecule has 0 radical (unpaired) electrons. The summed E-state index contributed by atoms with van der Waals surface area (Å²) in [5.74, 6) is 0.642. The lowest BCUT2D eigenvalue weighted by atomic mass is 9.85. The van der Waals surface area contributed by atoms with Crippen LogP contribution in [0.2, 0.25) is 0 Å². The van der Waals surface area contributed by atoms with Crippen molar-refractivity contribution in [3.05, 3.63) is 47.1 Å². The Balaban J connectivity index is 2.00. The van der Waals surface area contributed by atoms with Crippen molar-refractivity contribution in [2.45, 2.75) is 6.42 Å². The van der Waals surface area contributed by atoms with Crippen molar-refractivity contribution in [1.29, 1.82) is 0 Å². The summed E-state index contributed by atoms with van der Waals surface area (Å²) in [5, 5.41) is 0. The van der Waals surface area contributed by atoms with Crippen LogP contribution in [0.15, 0.2) is 47.1 Å². The molecule has 0 amide bonds. The number of ether oxygens (including phenoxy) is 1. The van der Waals surface area contributed by atoms with Crippen molar-refractivity contribution in [2.24, 2.45) is 5.92 Å². The van der Waals surface area contributed by atoms with Crippen LogP contribution in [0.3, 0.4) is 0 Å². The van der Waals surface area contributed by atoms with Crippen LogP contribution in [0.1, 0.15) is 6.42 Å². The van der Waals surface area contributed by atoms with Gasteiger partial charge in [0.15, 0.2) is 0 Å². The Morgan fingerprint density at radius 2 is 2.31 bits per heavy atom. The Kier molecular flexibility index (Phi) is 1.53. The fraction of sp³-hybridized carbons (Fsp3) is 0.333. The van der Waals surface area contributed by atoms with E-state index in [-0.39, 0.29) is 0 Å². The minimum Gasteiger partial charge on any atom is -0.377 e. The van der Waals surface area contributed by atoms with Crippen LogP contribution >= 0.6 is 0 Å². The van der Waals surface area contributed by atoms with E-state index in [4.69, 9.17) is 4.74 Å². The molecule has 1 heteroatoms. The number of rotatable bonds is 0. The summed E-state index contributed by atoms with van der Waals surface area (Å²) in [6.07, 6.45) is 12.3. The van der Waals surface area contributed by atoms with Crippen LogP contribution < -0.4 is 0 Å². The molecule has 1 unspecified atom stereocenters. The average Bonchev–Trinajstić information content (AvgIpc) is 2.61. The second-order valence-corrected chi connectivity index (χ2v) is 3.77. The van der Waals surface area contributed by atoms with Crippen molar-refractivity contribution < 1.29 is 4.74 Å². The maximum atomic E-state index is 5.44. The van der Waals surface area contributed by atoms with Crippen LogP contribution in [-0.4, -0.2) is 13.2 Å². The molecule has 2 aliphatic carbocycles. The zero-order valence-electron chi connectivity index (χ0n) is 7.49. The zero-order chi connectivity index (χ0) is 8.67. The van der Waals surface area contributed by atoms with Gasteiger partial charge in [-0.2, -0.15) is 0 Å². The van der Waals surface area contributed by atoms with Gasteiger partial charge >= 0.3 is 0 Å². The molecule has 66 valence electrons. The number of hydrogen-bond acceptors (Lipinski definition) is 1. The maximum absolute atomic E-state index is 5.44. The van der Waals surface area contributed by atoms with Gasteiger partial charge in [-0.05, 0) is 23.1 Å². The van der Waals surface area contributed by atoms with Gasteiger partial charge in [-0.3, -0.25) is 0 Å². The van der Waals surface area contributed by atoms with Crippen molar-refractivity contribution in [3.63, 3.8) is 0 Å². The maximum Gasteiger partial charge on any atom is 0.0685 e. The summed E-state index contributed by atoms with van der Waals surface area (Å²) >= 11 is 0. The molecule has 0 aromatic heterocycles. The van der Waals surface area contributed by atoms with E-state index in [1.54, 1.807) is 0 Å². The summed E-state index contributed by atoms with van der Waals surface area (Å²) < 4.78 is 5.44. The third kappa shape index (κ3) is 1.11. The van der Waals surface area contributed by atoms with E-state index in [1.165, 1.54) is 16.7 Å². The van der Waals surface area contributed by atoms with Gasteiger partial charge in [-0.1, -0.05) is 30.4 Å². The van der Waals surface area contributed by atoms with E-state index in [9.17, 15) is 0 Å². The first-order chi connectivity index (χ1) is 6.43. The minimum absolute atomic E-state index is 0.642. The number of fused-ring (bicyclic) bond motifs is 2. The number of hydrogen-bond donors (Lipinski definition) is 0. The van der Waals surface area contributed by atoms with Crippen LogP contribution in [0.5, 0.6) is 0 Å². The van der Waals surface area contributed by atoms with Gasteiger partial charge in [0, 0.05) is 12.5 Å². The molecule has 1 saturated heterocycles. The molecule has 0 saturated carbocycles. The van der Waals surface area contributed by atoms with E-state index in [0.29, 0.717) is 5.92 Å². The second kappa shape index (κ2) is 2.71.